The molecule has 2 saturated heterocycles. The summed E-state index contributed by atoms with van der Waals surface area (Å²) in [5, 5.41) is 0. The van der Waals surface area contributed by atoms with E-state index in [1.807, 2.05) is 83.6 Å². The maximum absolute atomic E-state index is 6.21. The Balaban J connectivity index is 1.69. The largest absolute Gasteiger partial charge is 0.564 e. The van der Waals surface area contributed by atoms with Gasteiger partial charge in [0.15, 0.2) is 0 Å². The summed E-state index contributed by atoms with van der Waals surface area (Å²) in [6, 6.07) is 7.97. The highest BCUT2D eigenvalue weighted by atomic mass is 16.7. The van der Waals surface area contributed by atoms with Crippen LogP contribution in [0.5, 0.6) is 0 Å². The average molecular weight is 394 g/mol. The van der Waals surface area contributed by atoms with Crippen LogP contribution in [-0.4, -0.2) is 40.6 Å². The molecule has 8 heteroatoms. The van der Waals surface area contributed by atoms with Crippen molar-refractivity contribution in [3.63, 3.8) is 0 Å². The van der Waals surface area contributed by atoms with E-state index >= 15 is 0 Å². The Bertz CT molecular complexity index is 951. The van der Waals surface area contributed by atoms with Crippen molar-refractivity contribution in [1.29, 1.82) is 0 Å². The van der Waals surface area contributed by atoms with E-state index in [0.717, 1.165) is 22.4 Å². The van der Waals surface area contributed by atoms with Crippen LogP contribution < -0.4 is 11.1 Å². The third-order valence-corrected chi connectivity index (χ3v) is 6.30. The van der Waals surface area contributed by atoms with Crippen LogP contribution in [0.4, 0.5) is 0 Å². The normalized spacial score (nSPS) is 22.2. The molecule has 0 atom stereocenters. The van der Waals surface area contributed by atoms with Crippen LogP contribution >= 0.6 is 0 Å². The molecule has 2 aromatic rings. The second-order valence-corrected chi connectivity index (χ2v) is 9.24. The van der Waals surface area contributed by atoms with Crippen LogP contribution in [0.3, 0.4) is 0 Å². The van der Waals surface area contributed by atoms with Crippen LogP contribution in [0.25, 0.3) is 11.4 Å². The zero-order valence-corrected chi connectivity index (χ0v) is 18.3. The average Bonchev–Trinajstić information content (AvgIpc) is 3.20. The first-order chi connectivity index (χ1) is 13.4. The van der Waals surface area contributed by atoms with Crippen LogP contribution in [0.2, 0.25) is 0 Å². The van der Waals surface area contributed by atoms with Gasteiger partial charge >= 0.3 is 14.2 Å². The Morgan fingerprint density at radius 3 is 2.14 bits per heavy atom. The Kier molecular flexibility index (Phi) is 4.53. The minimum Gasteiger partial charge on any atom is -0.534 e. The van der Waals surface area contributed by atoms with Gasteiger partial charge in [0, 0.05) is 24.3 Å². The molecule has 0 amide bonds. The Labute approximate surface area is 173 Å². The molecule has 29 heavy (non-hydrogen) atoms. The summed E-state index contributed by atoms with van der Waals surface area (Å²) in [4.78, 5) is 4.68. The van der Waals surface area contributed by atoms with Gasteiger partial charge in [-0.05, 0) is 41.5 Å². The van der Waals surface area contributed by atoms with Crippen molar-refractivity contribution in [2.75, 3.05) is 0 Å². The molecule has 0 bridgehead atoms. The molecule has 0 N–H and O–H groups in total. The van der Waals surface area contributed by atoms with Crippen LogP contribution in [0.1, 0.15) is 41.5 Å². The van der Waals surface area contributed by atoms with E-state index in [9.17, 15) is 0 Å². The van der Waals surface area contributed by atoms with E-state index in [1.165, 1.54) is 0 Å². The van der Waals surface area contributed by atoms with Gasteiger partial charge in [0.2, 0.25) is 0 Å². The second kappa shape index (κ2) is 6.49. The fraction of sp³-hybridized carbons (Fsp3) is 0.476. The first-order valence-electron chi connectivity index (χ1n) is 9.93. The Morgan fingerprint density at radius 1 is 0.931 bits per heavy atom. The Hall–Kier alpha value is -2.02. The molecule has 0 aliphatic carbocycles. The molecule has 6 nitrogen and oxygen atoms in total. The molecule has 2 fully saturated rings. The van der Waals surface area contributed by atoms with E-state index in [1.54, 1.807) is 0 Å². The molecule has 3 heterocycles. The summed E-state index contributed by atoms with van der Waals surface area (Å²) in [6.45, 7) is 16.1. The highest BCUT2D eigenvalue weighted by molar-refractivity contribution is 6.64. The van der Waals surface area contributed by atoms with Crippen molar-refractivity contribution in [2.45, 2.75) is 58.3 Å². The fourth-order valence-electron chi connectivity index (χ4n) is 3.52. The van der Waals surface area contributed by atoms with Crippen molar-refractivity contribution in [1.82, 2.24) is 9.55 Å². The highest BCUT2D eigenvalue weighted by Crippen LogP contribution is 2.36. The van der Waals surface area contributed by atoms with Crippen molar-refractivity contribution in [3.05, 3.63) is 42.8 Å². The number of benzene rings is 1. The number of nitrogens with zero attached hydrogens (tertiary/aromatic N) is 2. The maximum atomic E-state index is 6.21. The fourth-order valence-corrected chi connectivity index (χ4v) is 3.52. The van der Waals surface area contributed by atoms with Gasteiger partial charge in [0.25, 0.3) is 0 Å². The zero-order chi connectivity index (χ0) is 21.2. The minimum absolute atomic E-state index is 0.405. The standard InChI is InChI=1S/C21H28B2N2O4/c1-14-19(2,3)27-22(26-14)16-12-10-9-11-15(16)18-24-13-17(25(18)8)23-28-20(4,5)21(6,7)29-23/h9-13H,1H2,2-8H3. The molecule has 152 valence electrons. The lowest BCUT2D eigenvalue weighted by atomic mass is 9.75. The first-order valence-corrected chi connectivity index (χ1v) is 9.93. The lowest BCUT2D eigenvalue weighted by molar-refractivity contribution is 0.00578. The van der Waals surface area contributed by atoms with E-state index < -0.39 is 31.0 Å². The number of hydrogen-bond acceptors (Lipinski definition) is 5. The van der Waals surface area contributed by atoms with E-state index in [0.29, 0.717) is 5.76 Å². The maximum Gasteiger partial charge on any atom is 0.564 e. The molecule has 0 saturated carbocycles. The van der Waals surface area contributed by atoms with Gasteiger partial charge in [-0.2, -0.15) is 0 Å². The van der Waals surface area contributed by atoms with Gasteiger partial charge in [-0.3, -0.25) is 0 Å². The van der Waals surface area contributed by atoms with Crippen molar-refractivity contribution in [2.24, 2.45) is 7.05 Å². The monoisotopic (exact) mass is 394 g/mol. The van der Waals surface area contributed by atoms with Gasteiger partial charge < -0.3 is 23.2 Å². The number of rotatable bonds is 3. The number of aromatic nitrogens is 2. The molecule has 2 aliphatic heterocycles. The number of imidazole rings is 1. The predicted octanol–water partition coefficient (Wildman–Crippen LogP) is 2.42. The zero-order valence-electron chi connectivity index (χ0n) is 18.3. The smallest absolute Gasteiger partial charge is 0.534 e. The van der Waals surface area contributed by atoms with Crippen LogP contribution in [0.15, 0.2) is 42.8 Å². The summed E-state index contributed by atoms with van der Waals surface area (Å²) < 4.78 is 26.4. The molecule has 0 unspecified atom stereocenters. The SMILES string of the molecule is C=C1OB(c2ccccc2-c2ncc(B3OC(C)(C)C(C)(C)O3)n2C)OC1(C)C. The van der Waals surface area contributed by atoms with E-state index in [4.69, 9.17) is 18.6 Å². The lowest BCUT2D eigenvalue weighted by Crippen LogP contribution is -2.41. The van der Waals surface area contributed by atoms with Gasteiger partial charge in [-0.15, -0.1) is 0 Å². The van der Waals surface area contributed by atoms with Crippen molar-refractivity contribution < 1.29 is 18.6 Å². The van der Waals surface area contributed by atoms with Gasteiger partial charge in [0.1, 0.15) is 11.4 Å². The van der Waals surface area contributed by atoms with Gasteiger partial charge in [-0.25, -0.2) is 4.98 Å². The molecule has 1 aromatic heterocycles. The predicted molar refractivity (Wildman–Crippen MR) is 115 cm³/mol. The second-order valence-electron chi connectivity index (χ2n) is 9.24. The first kappa shape index (κ1) is 20.3. The topological polar surface area (TPSA) is 54.7 Å². The molecule has 4 rings (SSSR count). The van der Waals surface area contributed by atoms with Crippen molar-refractivity contribution in [3.8, 4) is 11.4 Å². The third-order valence-electron chi connectivity index (χ3n) is 6.30. The molecular formula is C21H28B2N2O4. The molecule has 0 radical (unpaired) electrons. The minimum atomic E-state index is -0.534. The quantitative estimate of drug-likeness (QED) is 0.749. The summed E-state index contributed by atoms with van der Waals surface area (Å²) in [5.74, 6) is 1.42. The third kappa shape index (κ3) is 3.23. The molecular weight excluding hydrogens is 366 g/mol. The molecule has 2 aliphatic rings. The summed E-state index contributed by atoms with van der Waals surface area (Å²) in [6.07, 6.45) is 1.81. The number of hydrogen-bond donors (Lipinski definition) is 0. The molecule has 0 spiro atoms. The lowest BCUT2D eigenvalue weighted by Gasteiger charge is -2.32. The summed E-state index contributed by atoms with van der Waals surface area (Å²) in [7, 11) is 0.973. The summed E-state index contributed by atoms with van der Waals surface area (Å²) in [5.41, 5.74) is 1.37. The van der Waals surface area contributed by atoms with E-state index in [-0.39, 0.29) is 0 Å². The van der Waals surface area contributed by atoms with Crippen LogP contribution in [0, 0.1) is 0 Å². The van der Waals surface area contributed by atoms with E-state index in [2.05, 4.69) is 11.6 Å². The van der Waals surface area contributed by atoms with Crippen molar-refractivity contribution >= 4 is 25.3 Å². The van der Waals surface area contributed by atoms with Gasteiger partial charge in [-0.1, -0.05) is 30.8 Å². The highest BCUT2D eigenvalue weighted by Gasteiger charge is 2.53. The Morgan fingerprint density at radius 2 is 1.55 bits per heavy atom. The van der Waals surface area contributed by atoms with Gasteiger partial charge in [0.05, 0.1) is 22.6 Å². The van der Waals surface area contributed by atoms with Crippen LogP contribution in [-0.2, 0) is 25.7 Å². The molecule has 1 aromatic carbocycles. The summed E-state index contributed by atoms with van der Waals surface area (Å²) >= 11 is 0.